The molecule has 2 aliphatic heterocycles. The van der Waals surface area contributed by atoms with E-state index in [2.05, 4.69) is 4.98 Å². The van der Waals surface area contributed by atoms with E-state index in [9.17, 15) is 0 Å². The number of halogens is 3. The van der Waals surface area contributed by atoms with Gasteiger partial charge in [-0.1, -0.05) is 40.9 Å². The molecular formula is C18H15Cl3N2O3. The Hall–Kier alpha value is -1.50. The second kappa shape index (κ2) is 6.91. The smallest absolute Gasteiger partial charge is 0.221 e. The first kappa shape index (κ1) is 17.9. The van der Waals surface area contributed by atoms with Gasteiger partial charge in [0.05, 0.1) is 44.8 Å². The SMILES string of the molecule is CC1=CC2OC2c2c(OCCO)ncc(Cl)c2N1c1c(Cl)cccc1Cl. The monoisotopic (exact) mass is 412 g/mol. The van der Waals surface area contributed by atoms with Gasteiger partial charge in [-0.15, -0.1) is 0 Å². The van der Waals surface area contributed by atoms with Crippen molar-refractivity contribution in [2.45, 2.75) is 19.1 Å². The molecule has 2 aromatic rings. The number of para-hydroxylation sites is 1. The highest BCUT2D eigenvalue weighted by molar-refractivity contribution is 6.40. The zero-order chi connectivity index (χ0) is 18.4. The third-order valence-electron chi connectivity index (χ3n) is 4.29. The van der Waals surface area contributed by atoms with Gasteiger partial charge < -0.3 is 19.5 Å². The predicted octanol–water partition coefficient (Wildman–Crippen LogP) is 4.91. The summed E-state index contributed by atoms with van der Waals surface area (Å²) in [6.07, 6.45) is 3.19. The lowest BCUT2D eigenvalue weighted by molar-refractivity contribution is 0.194. The van der Waals surface area contributed by atoms with Crippen molar-refractivity contribution in [2.24, 2.45) is 0 Å². The lowest BCUT2D eigenvalue weighted by Crippen LogP contribution is -2.18. The van der Waals surface area contributed by atoms with Crippen molar-refractivity contribution in [1.29, 1.82) is 0 Å². The van der Waals surface area contributed by atoms with Crippen LogP contribution in [0.3, 0.4) is 0 Å². The van der Waals surface area contributed by atoms with Crippen LogP contribution in [0.15, 0.2) is 36.2 Å². The lowest BCUT2D eigenvalue weighted by Gasteiger charge is -2.29. The maximum Gasteiger partial charge on any atom is 0.221 e. The molecule has 0 radical (unpaired) electrons. The van der Waals surface area contributed by atoms with Gasteiger partial charge in [-0.2, -0.15) is 0 Å². The number of allylic oxidation sites excluding steroid dienone is 1. The van der Waals surface area contributed by atoms with Crippen LogP contribution in [0.2, 0.25) is 15.1 Å². The number of rotatable bonds is 4. The second-order valence-corrected chi connectivity index (χ2v) is 7.20. The highest BCUT2D eigenvalue weighted by Crippen LogP contribution is 2.55. The van der Waals surface area contributed by atoms with E-state index in [1.165, 1.54) is 6.20 Å². The van der Waals surface area contributed by atoms with E-state index in [1.807, 2.05) is 17.9 Å². The average molecular weight is 414 g/mol. The fourth-order valence-corrected chi connectivity index (χ4v) is 3.98. The number of aliphatic hydroxyl groups is 1. The molecule has 1 fully saturated rings. The minimum Gasteiger partial charge on any atom is -0.475 e. The van der Waals surface area contributed by atoms with Crippen LogP contribution in [0, 0.1) is 0 Å². The molecule has 1 N–H and O–H groups in total. The van der Waals surface area contributed by atoms with Crippen molar-refractivity contribution in [3.8, 4) is 5.88 Å². The average Bonchev–Trinajstić information content (AvgIpc) is 3.36. The number of ether oxygens (including phenoxy) is 2. The van der Waals surface area contributed by atoms with Crippen molar-refractivity contribution >= 4 is 46.2 Å². The molecule has 136 valence electrons. The van der Waals surface area contributed by atoms with E-state index < -0.39 is 0 Å². The van der Waals surface area contributed by atoms with Crippen LogP contribution >= 0.6 is 34.8 Å². The Morgan fingerprint density at radius 2 is 1.92 bits per heavy atom. The van der Waals surface area contributed by atoms with Crippen LogP contribution < -0.4 is 9.64 Å². The van der Waals surface area contributed by atoms with Gasteiger partial charge in [0, 0.05) is 5.70 Å². The molecule has 1 aromatic heterocycles. The maximum atomic E-state index is 9.10. The fraction of sp³-hybridized carbons (Fsp3) is 0.278. The summed E-state index contributed by atoms with van der Waals surface area (Å²) in [5.41, 5.74) is 2.91. The van der Waals surface area contributed by atoms with E-state index in [-0.39, 0.29) is 25.4 Å². The number of hydrogen-bond donors (Lipinski definition) is 1. The number of pyridine rings is 1. The van der Waals surface area contributed by atoms with Gasteiger partial charge in [-0.3, -0.25) is 0 Å². The van der Waals surface area contributed by atoms with E-state index in [0.29, 0.717) is 32.3 Å². The summed E-state index contributed by atoms with van der Waals surface area (Å²) in [6.45, 7) is 1.95. The van der Waals surface area contributed by atoms with Gasteiger partial charge in [0.15, 0.2) is 0 Å². The molecule has 0 bridgehead atoms. The Bertz CT molecular complexity index is 883. The summed E-state index contributed by atoms with van der Waals surface area (Å²) in [7, 11) is 0. The van der Waals surface area contributed by atoms with Gasteiger partial charge >= 0.3 is 0 Å². The summed E-state index contributed by atoms with van der Waals surface area (Å²) < 4.78 is 11.4. The number of hydrogen-bond acceptors (Lipinski definition) is 5. The Labute approximate surface area is 165 Å². The van der Waals surface area contributed by atoms with E-state index >= 15 is 0 Å². The van der Waals surface area contributed by atoms with Crippen molar-refractivity contribution in [3.05, 3.63) is 56.8 Å². The molecule has 0 aliphatic carbocycles. The zero-order valence-electron chi connectivity index (χ0n) is 13.7. The quantitative estimate of drug-likeness (QED) is 0.722. The Morgan fingerprint density at radius 1 is 1.19 bits per heavy atom. The third kappa shape index (κ3) is 2.94. The maximum absolute atomic E-state index is 9.10. The van der Waals surface area contributed by atoms with Crippen LogP contribution in [0.5, 0.6) is 5.88 Å². The molecule has 8 heteroatoms. The number of fused-ring (bicyclic) bond motifs is 3. The van der Waals surface area contributed by atoms with Crippen LogP contribution in [-0.4, -0.2) is 29.4 Å². The van der Waals surface area contributed by atoms with Gasteiger partial charge in [0.1, 0.15) is 18.8 Å². The fourth-order valence-electron chi connectivity index (χ4n) is 3.18. The zero-order valence-corrected chi connectivity index (χ0v) is 16.0. The number of epoxide rings is 1. The number of benzene rings is 1. The first-order valence-electron chi connectivity index (χ1n) is 8.03. The molecule has 26 heavy (non-hydrogen) atoms. The number of nitrogens with zero attached hydrogens (tertiary/aromatic N) is 2. The molecule has 0 amide bonds. The molecule has 0 saturated carbocycles. The normalized spacial score (nSPS) is 20.8. The molecule has 1 saturated heterocycles. The second-order valence-electron chi connectivity index (χ2n) is 5.98. The molecule has 5 nitrogen and oxygen atoms in total. The highest BCUT2D eigenvalue weighted by atomic mass is 35.5. The summed E-state index contributed by atoms with van der Waals surface area (Å²) in [6, 6.07) is 5.34. The molecular weight excluding hydrogens is 399 g/mol. The number of anilines is 2. The van der Waals surface area contributed by atoms with Crippen molar-refractivity contribution in [1.82, 2.24) is 4.98 Å². The summed E-state index contributed by atoms with van der Waals surface area (Å²) >= 11 is 19.5. The van der Waals surface area contributed by atoms with Gasteiger partial charge in [-0.05, 0) is 25.1 Å². The Kier molecular flexibility index (Phi) is 4.75. The van der Waals surface area contributed by atoms with Crippen LogP contribution in [-0.2, 0) is 4.74 Å². The minimum absolute atomic E-state index is 0.100. The minimum atomic E-state index is -0.217. The summed E-state index contributed by atoms with van der Waals surface area (Å²) in [5, 5.41) is 10.5. The van der Waals surface area contributed by atoms with Crippen LogP contribution in [0.25, 0.3) is 0 Å². The molecule has 2 unspecified atom stereocenters. The van der Waals surface area contributed by atoms with Gasteiger partial charge in [-0.25, -0.2) is 4.98 Å². The summed E-state index contributed by atoms with van der Waals surface area (Å²) in [5.74, 6) is 0.377. The number of aromatic nitrogens is 1. The summed E-state index contributed by atoms with van der Waals surface area (Å²) in [4.78, 5) is 6.19. The van der Waals surface area contributed by atoms with E-state index in [1.54, 1.807) is 18.2 Å². The predicted molar refractivity (Wildman–Crippen MR) is 102 cm³/mol. The highest BCUT2D eigenvalue weighted by Gasteiger charge is 2.47. The molecule has 1 aromatic carbocycles. The van der Waals surface area contributed by atoms with Crippen molar-refractivity contribution in [3.63, 3.8) is 0 Å². The first-order chi connectivity index (χ1) is 12.5. The molecule has 0 spiro atoms. The Balaban J connectivity index is 1.96. The largest absolute Gasteiger partial charge is 0.475 e. The molecule has 3 heterocycles. The van der Waals surface area contributed by atoms with Gasteiger partial charge in [0.2, 0.25) is 5.88 Å². The van der Waals surface area contributed by atoms with E-state index in [0.717, 1.165) is 11.3 Å². The Morgan fingerprint density at radius 3 is 2.62 bits per heavy atom. The van der Waals surface area contributed by atoms with Gasteiger partial charge in [0.25, 0.3) is 0 Å². The van der Waals surface area contributed by atoms with Crippen LogP contribution in [0.4, 0.5) is 11.4 Å². The van der Waals surface area contributed by atoms with Crippen LogP contribution in [0.1, 0.15) is 18.6 Å². The lowest BCUT2D eigenvalue weighted by atomic mass is 10.1. The number of aliphatic hydroxyl groups excluding tert-OH is 1. The topological polar surface area (TPSA) is 58.1 Å². The molecule has 2 aliphatic rings. The molecule has 2 atom stereocenters. The van der Waals surface area contributed by atoms with E-state index in [4.69, 9.17) is 49.4 Å². The molecule has 4 rings (SSSR count). The van der Waals surface area contributed by atoms with Crippen molar-refractivity contribution in [2.75, 3.05) is 18.1 Å². The van der Waals surface area contributed by atoms with Crippen molar-refractivity contribution < 1.29 is 14.6 Å². The third-order valence-corrected chi connectivity index (χ3v) is 5.18. The first-order valence-corrected chi connectivity index (χ1v) is 9.16. The standard InChI is InChI=1S/C18H15Cl3N2O3/c1-9-7-13-17(26-13)14-16(12(21)8-22-18(14)25-6-5-24)23(9)15-10(19)3-2-4-11(15)20/h2-4,7-8,13,17,24H,5-6H2,1H3.